The van der Waals surface area contributed by atoms with Crippen molar-refractivity contribution < 1.29 is 9.18 Å². The highest BCUT2D eigenvalue weighted by atomic mass is 35.5. The lowest BCUT2D eigenvalue weighted by atomic mass is 9.79. The van der Waals surface area contributed by atoms with E-state index in [1.54, 1.807) is 12.1 Å². The molecular formula is C17H25ClFN3O. The second kappa shape index (κ2) is 8.08. The number of carbonyl (C=O) groups excluding carboxylic acids is 1. The molecule has 23 heavy (non-hydrogen) atoms. The molecule has 1 aliphatic heterocycles. The summed E-state index contributed by atoms with van der Waals surface area (Å²) in [5, 5.41) is 6.29. The molecule has 0 bridgehead atoms. The van der Waals surface area contributed by atoms with Crippen molar-refractivity contribution in [3.63, 3.8) is 0 Å². The summed E-state index contributed by atoms with van der Waals surface area (Å²) >= 11 is 0. The largest absolute Gasteiger partial charge is 0.325 e. The molecule has 0 atom stereocenters. The number of hydrogen-bond acceptors (Lipinski definition) is 3. The van der Waals surface area contributed by atoms with Gasteiger partial charge in [-0.3, -0.25) is 9.69 Å². The molecule has 3 rings (SSSR count). The first-order chi connectivity index (χ1) is 10.7. The summed E-state index contributed by atoms with van der Waals surface area (Å²) < 4.78 is 13.2. The Morgan fingerprint density at radius 1 is 1.30 bits per heavy atom. The summed E-state index contributed by atoms with van der Waals surface area (Å²) in [6, 6.07) is 6.06. The molecule has 128 valence electrons. The van der Waals surface area contributed by atoms with Gasteiger partial charge in [0.1, 0.15) is 5.82 Å². The van der Waals surface area contributed by atoms with Crippen LogP contribution in [0.15, 0.2) is 24.3 Å². The van der Waals surface area contributed by atoms with Gasteiger partial charge in [0, 0.05) is 30.9 Å². The van der Waals surface area contributed by atoms with Gasteiger partial charge in [-0.25, -0.2) is 4.39 Å². The van der Waals surface area contributed by atoms with Crippen LogP contribution in [-0.4, -0.2) is 42.5 Å². The standard InChI is InChI=1S/C17H24FN3O.ClH/c18-14-5-4-6-15(11-14)20-16(22)12-21-10-9-19-13-17(21)7-2-1-3-8-17;/h4-6,11,19H,1-3,7-10,12-13H2,(H,20,22);1H. The zero-order chi connectivity index (χ0) is 15.4. The Kier molecular flexibility index (Phi) is 6.39. The van der Waals surface area contributed by atoms with Crippen molar-refractivity contribution in [3.8, 4) is 0 Å². The van der Waals surface area contributed by atoms with Gasteiger partial charge in [0.2, 0.25) is 5.91 Å². The number of halogens is 2. The quantitative estimate of drug-likeness (QED) is 0.888. The fourth-order valence-electron chi connectivity index (χ4n) is 3.77. The molecule has 1 amide bonds. The average Bonchev–Trinajstić information content (AvgIpc) is 2.51. The van der Waals surface area contributed by atoms with Crippen LogP contribution in [0.5, 0.6) is 0 Å². The summed E-state index contributed by atoms with van der Waals surface area (Å²) in [5.41, 5.74) is 0.660. The first-order valence-corrected chi connectivity index (χ1v) is 8.19. The number of benzene rings is 1. The van der Waals surface area contributed by atoms with Gasteiger partial charge in [-0.15, -0.1) is 12.4 Å². The molecular weight excluding hydrogens is 317 g/mol. The van der Waals surface area contributed by atoms with E-state index < -0.39 is 0 Å². The van der Waals surface area contributed by atoms with Crippen molar-refractivity contribution >= 4 is 24.0 Å². The van der Waals surface area contributed by atoms with Crippen LogP contribution in [0.25, 0.3) is 0 Å². The van der Waals surface area contributed by atoms with E-state index >= 15 is 0 Å². The van der Waals surface area contributed by atoms with E-state index in [1.807, 2.05) is 0 Å². The van der Waals surface area contributed by atoms with Crippen LogP contribution in [-0.2, 0) is 4.79 Å². The number of carbonyl (C=O) groups is 1. The Morgan fingerprint density at radius 2 is 2.09 bits per heavy atom. The fourth-order valence-corrected chi connectivity index (χ4v) is 3.77. The molecule has 0 aromatic heterocycles. The summed E-state index contributed by atoms with van der Waals surface area (Å²) in [7, 11) is 0. The average molecular weight is 342 g/mol. The Bertz CT molecular complexity index is 526. The number of nitrogens with one attached hydrogen (secondary N) is 2. The summed E-state index contributed by atoms with van der Waals surface area (Å²) in [5.74, 6) is -0.388. The second-order valence-corrected chi connectivity index (χ2v) is 6.44. The molecule has 2 aliphatic rings. The van der Waals surface area contributed by atoms with Gasteiger partial charge in [0.15, 0.2) is 0 Å². The zero-order valence-corrected chi connectivity index (χ0v) is 14.1. The Labute approximate surface area is 143 Å². The van der Waals surface area contributed by atoms with Crippen LogP contribution < -0.4 is 10.6 Å². The van der Waals surface area contributed by atoms with E-state index in [-0.39, 0.29) is 29.7 Å². The number of anilines is 1. The molecule has 1 aromatic rings. The molecule has 0 radical (unpaired) electrons. The maximum Gasteiger partial charge on any atom is 0.238 e. The SMILES string of the molecule is Cl.O=C(CN1CCNCC12CCCCC2)Nc1cccc(F)c1. The number of hydrogen-bond donors (Lipinski definition) is 2. The van der Waals surface area contributed by atoms with Crippen molar-refractivity contribution in [1.29, 1.82) is 0 Å². The normalized spacial score (nSPS) is 20.7. The van der Waals surface area contributed by atoms with E-state index in [0.717, 1.165) is 32.5 Å². The van der Waals surface area contributed by atoms with E-state index in [1.165, 1.54) is 31.4 Å². The van der Waals surface area contributed by atoms with Gasteiger partial charge in [-0.2, -0.15) is 0 Å². The Morgan fingerprint density at radius 3 is 2.83 bits per heavy atom. The van der Waals surface area contributed by atoms with Gasteiger partial charge < -0.3 is 10.6 Å². The Balaban J connectivity index is 0.00000192. The molecule has 2 fully saturated rings. The van der Waals surface area contributed by atoms with Gasteiger partial charge in [-0.1, -0.05) is 25.3 Å². The summed E-state index contributed by atoms with van der Waals surface area (Å²) in [4.78, 5) is 14.7. The van der Waals surface area contributed by atoms with E-state index in [4.69, 9.17) is 0 Å². The molecule has 1 saturated carbocycles. The van der Waals surface area contributed by atoms with Gasteiger partial charge in [0.05, 0.1) is 6.54 Å². The van der Waals surface area contributed by atoms with Crippen molar-refractivity contribution in [2.24, 2.45) is 0 Å². The highest BCUT2D eigenvalue weighted by Gasteiger charge is 2.40. The number of piperazine rings is 1. The van der Waals surface area contributed by atoms with Crippen molar-refractivity contribution in [3.05, 3.63) is 30.1 Å². The van der Waals surface area contributed by atoms with Crippen LogP contribution in [0.2, 0.25) is 0 Å². The number of nitrogens with zero attached hydrogens (tertiary/aromatic N) is 1. The molecule has 1 spiro atoms. The molecule has 2 N–H and O–H groups in total. The molecule has 1 aliphatic carbocycles. The molecule has 1 saturated heterocycles. The van der Waals surface area contributed by atoms with Crippen LogP contribution >= 0.6 is 12.4 Å². The minimum atomic E-state index is -0.330. The topological polar surface area (TPSA) is 44.4 Å². The first kappa shape index (κ1) is 18.2. The second-order valence-electron chi connectivity index (χ2n) is 6.44. The van der Waals surface area contributed by atoms with Gasteiger partial charge >= 0.3 is 0 Å². The van der Waals surface area contributed by atoms with Crippen LogP contribution in [0.1, 0.15) is 32.1 Å². The van der Waals surface area contributed by atoms with Crippen LogP contribution in [0.3, 0.4) is 0 Å². The van der Waals surface area contributed by atoms with Crippen molar-refractivity contribution in [2.75, 3.05) is 31.5 Å². The summed E-state index contributed by atoms with van der Waals surface area (Å²) in [6.45, 7) is 3.18. The Hall–Kier alpha value is -1.17. The fraction of sp³-hybridized carbons (Fsp3) is 0.588. The van der Waals surface area contributed by atoms with Gasteiger partial charge in [-0.05, 0) is 31.0 Å². The maximum atomic E-state index is 13.2. The van der Waals surface area contributed by atoms with Crippen molar-refractivity contribution in [2.45, 2.75) is 37.6 Å². The predicted octanol–water partition coefficient (Wildman–Crippen LogP) is 2.79. The van der Waals surface area contributed by atoms with Crippen molar-refractivity contribution in [1.82, 2.24) is 10.2 Å². The molecule has 4 nitrogen and oxygen atoms in total. The third kappa shape index (κ3) is 4.43. The third-order valence-corrected chi connectivity index (χ3v) is 4.91. The minimum Gasteiger partial charge on any atom is -0.325 e. The number of amides is 1. The molecule has 1 aromatic carbocycles. The lowest BCUT2D eigenvalue weighted by Crippen LogP contribution is -2.63. The monoisotopic (exact) mass is 341 g/mol. The predicted molar refractivity (Wildman–Crippen MR) is 92.5 cm³/mol. The molecule has 6 heteroatoms. The zero-order valence-electron chi connectivity index (χ0n) is 13.3. The lowest BCUT2D eigenvalue weighted by molar-refractivity contribution is -0.120. The third-order valence-electron chi connectivity index (χ3n) is 4.91. The van der Waals surface area contributed by atoms with E-state index in [2.05, 4.69) is 15.5 Å². The van der Waals surface area contributed by atoms with E-state index in [0.29, 0.717) is 12.2 Å². The maximum absolute atomic E-state index is 13.2. The van der Waals surface area contributed by atoms with Crippen LogP contribution in [0.4, 0.5) is 10.1 Å². The van der Waals surface area contributed by atoms with Gasteiger partial charge in [0.25, 0.3) is 0 Å². The highest BCUT2D eigenvalue weighted by molar-refractivity contribution is 5.92. The first-order valence-electron chi connectivity index (χ1n) is 8.19. The lowest BCUT2D eigenvalue weighted by Gasteiger charge is -2.49. The van der Waals surface area contributed by atoms with Crippen LogP contribution in [0, 0.1) is 5.82 Å². The smallest absolute Gasteiger partial charge is 0.238 e. The minimum absolute atomic E-state index is 0. The number of rotatable bonds is 3. The summed E-state index contributed by atoms with van der Waals surface area (Å²) in [6.07, 6.45) is 6.10. The highest BCUT2D eigenvalue weighted by Crippen LogP contribution is 2.34. The van der Waals surface area contributed by atoms with E-state index in [9.17, 15) is 9.18 Å². The molecule has 0 unspecified atom stereocenters. The molecule has 1 heterocycles.